The van der Waals surface area contributed by atoms with Crippen molar-refractivity contribution in [3.05, 3.63) is 12.2 Å². The van der Waals surface area contributed by atoms with Crippen LogP contribution in [0.3, 0.4) is 0 Å². The Morgan fingerprint density at radius 2 is 2.18 bits per heavy atom. The summed E-state index contributed by atoms with van der Waals surface area (Å²) >= 11 is 4.06. The first-order chi connectivity index (χ1) is 5.31. The van der Waals surface area contributed by atoms with Crippen LogP contribution in [0.15, 0.2) is 12.2 Å². The number of likely N-dealkylation sites (N-methyl/N-ethyl adjacent to an activating group) is 1. The predicted molar refractivity (Wildman–Crippen MR) is 52.4 cm³/mol. The highest BCUT2D eigenvalue weighted by atomic mass is 32.1. The maximum Gasteiger partial charge on any atom is 0.0589 e. The van der Waals surface area contributed by atoms with Crippen LogP contribution in [-0.4, -0.2) is 44.5 Å². The third kappa shape index (κ3) is 7.91. The monoisotopic (exact) mass is 175 g/mol. The molecular weight excluding hydrogens is 158 g/mol. The lowest BCUT2D eigenvalue weighted by molar-refractivity contribution is 0.166. The molecule has 0 N–H and O–H groups in total. The second-order valence-corrected chi connectivity index (χ2v) is 2.77. The van der Waals surface area contributed by atoms with E-state index in [4.69, 9.17) is 4.74 Å². The normalized spacial score (nSPS) is 11.6. The average Bonchev–Trinajstić information content (AvgIpc) is 2.01. The summed E-state index contributed by atoms with van der Waals surface area (Å²) in [6, 6.07) is 0. The summed E-state index contributed by atoms with van der Waals surface area (Å²) in [6.45, 7) is 2.75. The Hall–Kier alpha value is 0.01000. The molecule has 0 amide bonds. The maximum absolute atomic E-state index is 4.94. The van der Waals surface area contributed by atoms with Gasteiger partial charge in [0.1, 0.15) is 0 Å². The Bertz CT molecular complexity index is 106. The van der Waals surface area contributed by atoms with E-state index >= 15 is 0 Å². The van der Waals surface area contributed by atoms with E-state index in [0.29, 0.717) is 0 Å². The maximum atomic E-state index is 4.94. The molecule has 0 radical (unpaired) electrons. The van der Waals surface area contributed by atoms with Crippen LogP contribution in [0.5, 0.6) is 0 Å². The molecule has 0 aromatic rings. The first-order valence-corrected chi connectivity index (χ1v) is 4.38. The predicted octanol–water partition coefficient (Wildman–Crippen LogP) is 1.05. The minimum absolute atomic E-state index is 0.797. The van der Waals surface area contributed by atoms with Crippen molar-refractivity contribution in [1.29, 1.82) is 0 Å². The molecule has 0 atom stereocenters. The molecule has 0 aliphatic carbocycles. The van der Waals surface area contributed by atoms with Crippen LogP contribution >= 0.6 is 12.6 Å². The Morgan fingerprint density at radius 1 is 1.45 bits per heavy atom. The van der Waals surface area contributed by atoms with E-state index in [-0.39, 0.29) is 0 Å². The molecule has 66 valence electrons. The van der Waals surface area contributed by atoms with Gasteiger partial charge in [-0.1, -0.05) is 12.2 Å². The minimum atomic E-state index is 0.797. The summed E-state index contributed by atoms with van der Waals surface area (Å²) in [5, 5.41) is 0. The van der Waals surface area contributed by atoms with E-state index in [9.17, 15) is 0 Å². The quantitative estimate of drug-likeness (QED) is 0.478. The third-order valence-corrected chi connectivity index (χ3v) is 1.58. The van der Waals surface area contributed by atoms with Crippen LogP contribution < -0.4 is 0 Å². The highest BCUT2D eigenvalue weighted by molar-refractivity contribution is 7.80. The molecule has 0 bridgehead atoms. The van der Waals surface area contributed by atoms with E-state index in [1.165, 1.54) is 0 Å². The first kappa shape index (κ1) is 11.0. The second-order valence-electron chi connectivity index (χ2n) is 2.41. The van der Waals surface area contributed by atoms with Crippen molar-refractivity contribution in [2.24, 2.45) is 0 Å². The molecule has 0 aromatic carbocycles. The van der Waals surface area contributed by atoms with Crippen molar-refractivity contribution >= 4 is 12.6 Å². The summed E-state index contributed by atoms with van der Waals surface area (Å²) in [5.41, 5.74) is 0. The van der Waals surface area contributed by atoms with Gasteiger partial charge in [-0.25, -0.2) is 0 Å². The Labute approximate surface area is 74.6 Å². The molecule has 0 spiro atoms. The Kier molecular flexibility index (Phi) is 8.12. The molecule has 0 aromatic heterocycles. The van der Waals surface area contributed by atoms with Crippen molar-refractivity contribution in [3.8, 4) is 0 Å². The van der Waals surface area contributed by atoms with Gasteiger partial charge in [-0.2, -0.15) is 12.6 Å². The molecule has 2 nitrogen and oxygen atoms in total. The van der Waals surface area contributed by atoms with Gasteiger partial charge in [-0.05, 0) is 7.05 Å². The molecule has 0 unspecified atom stereocenters. The number of thiol groups is 1. The fraction of sp³-hybridized carbons (Fsp3) is 0.750. The standard InChI is InChI=1S/C8H17NOS/c1-9(6-7-10-2)5-3-4-8-11/h3-4,11H,5-8H2,1-2H3. The van der Waals surface area contributed by atoms with Crippen molar-refractivity contribution in [3.63, 3.8) is 0 Å². The zero-order chi connectivity index (χ0) is 8.53. The van der Waals surface area contributed by atoms with Crippen LogP contribution in [-0.2, 0) is 4.74 Å². The number of methoxy groups -OCH3 is 1. The van der Waals surface area contributed by atoms with E-state index in [0.717, 1.165) is 25.4 Å². The zero-order valence-corrected chi connectivity index (χ0v) is 8.18. The van der Waals surface area contributed by atoms with Crippen LogP contribution in [0.2, 0.25) is 0 Å². The van der Waals surface area contributed by atoms with Crippen molar-refractivity contribution in [2.45, 2.75) is 0 Å². The first-order valence-electron chi connectivity index (χ1n) is 3.74. The lowest BCUT2D eigenvalue weighted by Crippen LogP contribution is -2.22. The fourth-order valence-corrected chi connectivity index (χ4v) is 0.816. The van der Waals surface area contributed by atoms with Crippen molar-refractivity contribution in [2.75, 3.05) is 39.6 Å². The Balaban J connectivity index is 3.21. The van der Waals surface area contributed by atoms with Gasteiger partial charge in [0.05, 0.1) is 6.61 Å². The average molecular weight is 175 g/mol. The summed E-state index contributed by atoms with van der Waals surface area (Å²) < 4.78 is 4.94. The minimum Gasteiger partial charge on any atom is -0.383 e. The SMILES string of the molecule is COCCN(C)CC=CCS. The molecule has 0 heterocycles. The van der Waals surface area contributed by atoms with Gasteiger partial charge in [0.25, 0.3) is 0 Å². The van der Waals surface area contributed by atoms with Gasteiger partial charge in [0.2, 0.25) is 0 Å². The summed E-state index contributed by atoms with van der Waals surface area (Å²) in [4.78, 5) is 2.20. The van der Waals surface area contributed by atoms with Crippen LogP contribution in [0.25, 0.3) is 0 Å². The molecule has 0 aliphatic heterocycles. The molecule has 0 saturated heterocycles. The Morgan fingerprint density at radius 3 is 2.73 bits per heavy atom. The molecule has 0 rings (SSSR count). The fourth-order valence-electron chi connectivity index (χ4n) is 0.667. The molecule has 11 heavy (non-hydrogen) atoms. The molecule has 0 aliphatic rings. The molecule has 3 heteroatoms. The lowest BCUT2D eigenvalue weighted by Gasteiger charge is -2.12. The number of hydrogen-bond donors (Lipinski definition) is 1. The number of nitrogens with zero attached hydrogens (tertiary/aromatic N) is 1. The van der Waals surface area contributed by atoms with Crippen molar-refractivity contribution in [1.82, 2.24) is 4.90 Å². The zero-order valence-electron chi connectivity index (χ0n) is 7.29. The molecule has 0 saturated carbocycles. The summed E-state index contributed by atoms with van der Waals surface area (Å²) in [6.07, 6.45) is 4.16. The number of hydrogen-bond acceptors (Lipinski definition) is 3. The van der Waals surface area contributed by atoms with E-state index in [1.807, 2.05) is 6.08 Å². The summed E-state index contributed by atoms with van der Waals surface area (Å²) in [5.74, 6) is 0.818. The third-order valence-electron chi connectivity index (χ3n) is 1.37. The molecular formula is C8H17NOS. The summed E-state index contributed by atoms with van der Waals surface area (Å²) in [7, 11) is 3.79. The van der Waals surface area contributed by atoms with Gasteiger partial charge < -0.3 is 9.64 Å². The van der Waals surface area contributed by atoms with Crippen LogP contribution in [0.1, 0.15) is 0 Å². The number of ether oxygens (including phenoxy) is 1. The van der Waals surface area contributed by atoms with E-state index < -0.39 is 0 Å². The van der Waals surface area contributed by atoms with Crippen molar-refractivity contribution < 1.29 is 4.74 Å². The van der Waals surface area contributed by atoms with Crippen LogP contribution in [0.4, 0.5) is 0 Å². The topological polar surface area (TPSA) is 12.5 Å². The molecule has 0 fully saturated rings. The second kappa shape index (κ2) is 8.11. The lowest BCUT2D eigenvalue weighted by atomic mass is 10.4. The highest BCUT2D eigenvalue weighted by Gasteiger charge is 1.92. The highest BCUT2D eigenvalue weighted by Crippen LogP contribution is 1.84. The van der Waals surface area contributed by atoms with Gasteiger partial charge >= 0.3 is 0 Å². The van der Waals surface area contributed by atoms with Crippen LogP contribution in [0, 0.1) is 0 Å². The van der Waals surface area contributed by atoms with Gasteiger partial charge in [0, 0.05) is 26.0 Å². The van der Waals surface area contributed by atoms with Gasteiger partial charge in [-0.3, -0.25) is 0 Å². The largest absolute Gasteiger partial charge is 0.383 e. The van der Waals surface area contributed by atoms with Gasteiger partial charge in [0.15, 0.2) is 0 Å². The van der Waals surface area contributed by atoms with E-state index in [2.05, 4.69) is 30.7 Å². The van der Waals surface area contributed by atoms with E-state index in [1.54, 1.807) is 7.11 Å². The van der Waals surface area contributed by atoms with Gasteiger partial charge in [-0.15, -0.1) is 0 Å². The number of rotatable bonds is 6. The smallest absolute Gasteiger partial charge is 0.0589 e.